The number of pyridine rings is 1. The highest BCUT2D eigenvalue weighted by molar-refractivity contribution is 5.75. The van der Waals surface area contributed by atoms with Crippen molar-refractivity contribution in [2.75, 3.05) is 0 Å². The first kappa shape index (κ1) is 11.1. The van der Waals surface area contributed by atoms with E-state index in [9.17, 15) is 9.90 Å². The van der Waals surface area contributed by atoms with Crippen molar-refractivity contribution in [1.29, 1.82) is 0 Å². The fourth-order valence-electron chi connectivity index (χ4n) is 2.19. The highest BCUT2D eigenvalue weighted by atomic mass is 16.4. The van der Waals surface area contributed by atoms with E-state index in [4.69, 9.17) is 0 Å². The lowest BCUT2D eigenvalue weighted by atomic mass is 9.80. The average Bonchev–Trinajstić information content (AvgIpc) is 3.00. The molecule has 1 aliphatic carbocycles. The molecule has 1 fully saturated rings. The normalized spacial score (nSPS) is 19.1. The van der Waals surface area contributed by atoms with Gasteiger partial charge in [-0.2, -0.15) is 0 Å². The SMILES string of the molecule is Cc1cccc(CC(C)(C(=O)O)C2CC2)n1. The van der Waals surface area contributed by atoms with Gasteiger partial charge in [-0.25, -0.2) is 0 Å². The molecule has 1 aromatic rings. The minimum Gasteiger partial charge on any atom is -0.481 e. The van der Waals surface area contributed by atoms with Gasteiger partial charge in [0.05, 0.1) is 5.41 Å². The number of carboxylic acids is 1. The molecule has 1 saturated carbocycles. The second-order valence-corrected chi connectivity index (χ2v) is 4.94. The number of aliphatic carboxylic acids is 1. The standard InChI is InChI=1S/C13H17NO2/c1-9-4-3-5-11(14-9)8-13(2,12(15)16)10-6-7-10/h3-5,10H,6-8H2,1-2H3,(H,15,16). The van der Waals surface area contributed by atoms with E-state index in [-0.39, 0.29) is 0 Å². The van der Waals surface area contributed by atoms with Gasteiger partial charge in [-0.15, -0.1) is 0 Å². The van der Waals surface area contributed by atoms with Crippen LogP contribution in [0.15, 0.2) is 18.2 Å². The number of aromatic nitrogens is 1. The first-order valence-electron chi connectivity index (χ1n) is 5.68. The molecule has 3 nitrogen and oxygen atoms in total. The number of carbonyl (C=O) groups is 1. The lowest BCUT2D eigenvalue weighted by Crippen LogP contribution is -2.32. The smallest absolute Gasteiger partial charge is 0.310 e. The number of nitrogens with zero attached hydrogens (tertiary/aromatic N) is 1. The molecule has 0 amide bonds. The highest BCUT2D eigenvalue weighted by Crippen LogP contribution is 2.47. The Hall–Kier alpha value is -1.38. The maximum absolute atomic E-state index is 11.4. The third-order valence-electron chi connectivity index (χ3n) is 3.46. The lowest BCUT2D eigenvalue weighted by Gasteiger charge is -2.24. The topological polar surface area (TPSA) is 50.2 Å². The number of hydrogen-bond donors (Lipinski definition) is 1. The van der Waals surface area contributed by atoms with Crippen molar-refractivity contribution >= 4 is 5.97 Å². The van der Waals surface area contributed by atoms with Gasteiger partial charge in [-0.05, 0) is 44.7 Å². The Labute approximate surface area is 95.5 Å². The van der Waals surface area contributed by atoms with Gasteiger partial charge in [0.2, 0.25) is 0 Å². The zero-order valence-electron chi connectivity index (χ0n) is 9.73. The van der Waals surface area contributed by atoms with Gasteiger partial charge in [-0.1, -0.05) is 6.07 Å². The van der Waals surface area contributed by atoms with Crippen molar-refractivity contribution in [1.82, 2.24) is 4.98 Å². The van der Waals surface area contributed by atoms with Crippen LogP contribution in [0.3, 0.4) is 0 Å². The molecule has 0 spiro atoms. The molecule has 0 radical (unpaired) electrons. The van der Waals surface area contributed by atoms with Crippen LogP contribution < -0.4 is 0 Å². The van der Waals surface area contributed by atoms with E-state index in [0.29, 0.717) is 12.3 Å². The average molecular weight is 219 g/mol. The Morgan fingerprint density at radius 1 is 1.56 bits per heavy atom. The number of carboxylic acid groups (broad SMARTS) is 1. The molecule has 0 saturated heterocycles. The minimum absolute atomic E-state index is 0.326. The van der Waals surface area contributed by atoms with Crippen LogP contribution in [0.2, 0.25) is 0 Å². The van der Waals surface area contributed by atoms with Crippen molar-refractivity contribution in [3.05, 3.63) is 29.6 Å². The van der Waals surface area contributed by atoms with E-state index in [1.807, 2.05) is 32.0 Å². The van der Waals surface area contributed by atoms with Crippen LogP contribution in [0.1, 0.15) is 31.2 Å². The van der Waals surface area contributed by atoms with Gasteiger partial charge in [-0.3, -0.25) is 9.78 Å². The van der Waals surface area contributed by atoms with E-state index >= 15 is 0 Å². The summed E-state index contributed by atoms with van der Waals surface area (Å²) in [7, 11) is 0. The second kappa shape index (κ2) is 3.89. The zero-order chi connectivity index (χ0) is 11.8. The van der Waals surface area contributed by atoms with Crippen molar-refractivity contribution < 1.29 is 9.90 Å². The van der Waals surface area contributed by atoms with E-state index in [0.717, 1.165) is 24.2 Å². The molecule has 1 aliphatic rings. The molecule has 3 heteroatoms. The second-order valence-electron chi connectivity index (χ2n) is 4.94. The Bertz CT molecular complexity index is 412. The van der Waals surface area contributed by atoms with Crippen molar-refractivity contribution in [3.63, 3.8) is 0 Å². The predicted molar refractivity (Wildman–Crippen MR) is 61.1 cm³/mol. The van der Waals surface area contributed by atoms with Crippen LogP contribution in [0.4, 0.5) is 0 Å². The van der Waals surface area contributed by atoms with Gasteiger partial charge in [0.25, 0.3) is 0 Å². The molecule has 0 bridgehead atoms. The summed E-state index contributed by atoms with van der Waals surface area (Å²) < 4.78 is 0. The maximum Gasteiger partial charge on any atom is 0.310 e. The summed E-state index contributed by atoms with van der Waals surface area (Å²) in [6.07, 6.45) is 2.61. The molecule has 0 aliphatic heterocycles. The lowest BCUT2D eigenvalue weighted by molar-refractivity contribution is -0.149. The summed E-state index contributed by atoms with van der Waals surface area (Å²) in [6, 6.07) is 5.78. The molecular formula is C13H17NO2. The Morgan fingerprint density at radius 2 is 2.25 bits per heavy atom. The van der Waals surface area contributed by atoms with Crippen LogP contribution in [-0.2, 0) is 11.2 Å². The highest BCUT2D eigenvalue weighted by Gasteiger charge is 2.47. The summed E-state index contributed by atoms with van der Waals surface area (Å²) in [5.74, 6) is -0.370. The molecule has 1 aromatic heterocycles. The van der Waals surface area contributed by atoms with Gasteiger partial charge in [0, 0.05) is 17.8 Å². The fourth-order valence-corrected chi connectivity index (χ4v) is 2.19. The van der Waals surface area contributed by atoms with Gasteiger partial charge in [0.15, 0.2) is 0 Å². The van der Waals surface area contributed by atoms with Crippen LogP contribution in [-0.4, -0.2) is 16.1 Å². The largest absolute Gasteiger partial charge is 0.481 e. The van der Waals surface area contributed by atoms with Crippen molar-refractivity contribution in [3.8, 4) is 0 Å². The van der Waals surface area contributed by atoms with E-state index in [2.05, 4.69) is 4.98 Å². The number of rotatable bonds is 4. The molecular weight excluding hydrogens is 202 g/mol. The molecule has 0 aromatic carbocycles. The Morgan fingerprint density at radius 3 is 2.75 bits per heavy atom. The Kier molecular flexibility index (Phi) is 2.70. The first-order chi connectivity index (χ1) is 7.52. The van der Waals surface area contributed by atoms with Crippen LogP contribution >= 0.6 is 0 Å². The monoisotopic (exact) mass is 219 g/mol. The number of hydrogen-bond acceptors (Lipinski definition) is 2. The van der Waals surface area contributed by atoms with Crippen molar-refractivity contribution in [2.45, 2.75) is 33.1 Å². The summed E-state index contributed by atoms with van der Waals surface area (Å²) in [5.41, 5.74) is 1.19. The fraction of sp³-hybridized carbons (Fsp3) is 0.538. The molecule has 1 N–H and O–H groups in total. The summed E-state index contributed by atoms with van der Waals surface area (Å²) in [5, 5.41) is 9.35. The molecule has 1 atom stereocenters. The third-order valence-corrected chi connectivity index (χ3v) is 3.46. The maximum atomic E-state index is 11.4. The van der Waals surface area contributed by atoms with Crippen LogP contribution in [0.25, 0.3) is 0 Å². The quantitative estimate of drug-likeness (QED) is 0.846. The molecule has 1 heterocycles. The molecule has 86 valence electrons. The van der Waals surface area contributed by atoms with Gasteiger partial charge < -0.3 is 5.11 Å². The Balaban J connectivity index is 2.21. The molecule has 16 heavy (non-hydrogen) atoms. The number of aryl methyl sites for hydroxylation is 1. The van der Waals surface area contributed by atoms with Crippen LogP contribution in [0, 0.1) is 18.3 Å². The van der Waals surface area contributed by atoms with E-state index in [1.165, 1.54) is 0 Å². The van der Waals surface area contributed by atoms with E-state index < -0.39 is 11.4 Å². The van der Waals surface area contributed by atoms with Gasteiger partial charge in [0.1, 0.15) is 0 Å². The zero-order valence-corrected chi connectivity index (χ0v) is 9.73. The predicted octanol–water partition coefficient (Wildman–Crippen LogP) is 2.43. The van der Waals surface area contributed by atoms with Crippen LogP contribution in [0.5, 0.6) is 0 Å². The summed E-state index contributed by atoms with van der Waals surface area (Å²) in [4.78, 5) is 15.8. The summed E-state index contributed by atoms with van der Waals surface area (Å²) >= 11 is 0. The first-order valence-corrected chi connectivity index (χ1v) is 5.68. The summed E-state index contributed by atoms with van der Waals surface area (Å²) in [6.45, 7) is 3.77. The molecule has 1 unspecified atom stereocenters. The minimum atomic E-state index is -0.696. The molecule has 2 rings (SSSR count). The third kappa shape index (κ3) is 2.08. The van der Waals surface area contributed by atoms with E-state index in [1.54, 1.807) is 0 Å². The van der Waals surface area contributed by atoms with Gasteiger partial charge >= 0.3 is 5.97 Å². The van der Waals surface area contributed by atoms with Crippen molar-refractivity contribution in [2.24, 2.45) is 11.3 Å².